The largest absolute Gasteiger partial charge is 0.316 e. The van der Waals surface area contributed by atoms with Crippen LogP contribution in [0.2, 0.25) is 0 Å². The lowest BCUT2D eigenvalue weighted by Crippen LogP contribution is -2.32. The van der Waals surface area contributed by atoms with Crippen molar-refractivity contribution in [2.75, 3.05) is 13.1 Å². The van der Waals surface area contributed by atoms with Crippen molar-refractivity contribution in [3.8, 4) is 0 Å². The summed E-state index contributed by atoms with van der Waals surface area (Å²) in [4.78, 5) is 0. The fourth-order valence-corrected chi connectivity index (χ4v) is 1.97. The highest BCUT2D eigenvalue weighted by atomic mass is 14.9. The Morgan fingerprint density at radius 1 is 1.14 bits per heavy atom. The Labute approximate surface area is 90.7 Å². The monoisotopic (exact) mass is 199 g/mol. The maximum atomic E-state index is 3.50. The number of hydrogen-bond acceptors (Lipinski definition) is 1. The second kappa shape index (κ2) is 7.28. The molecule has 1 N–H and O–H groups in total. The fourth-order valence-electron chi connectivity index (χ4n) is 1.97. The van der Waals surface area contributed by atoms with E-state index in [4.69, 9.17) is 0 Å². The Kier molecular flexibility index (Phi) is 7.26. The normalized spacial score (nSPS) is 15.9. The van der Waals surface area contributed by atoms with Gasteiger partial charge in [0.15, 0.2) is 0 Å². The summed E-state index contributed by atoms with van der Waals surface area (Å²) in [6.07, 6.45) is 5.39. The molecule has 0 aromatic rings. The van der Waals surface area contributed by atoms with E-state index in [2.05, 4.69) is 39.9 Å². The van der Waals surface area contributed by atoms with Crippen molar-refractivity contribution < 1.29 is 0 Å². The Morgan fingerprint density at radius 3 is 2.21 bits per heavy atom. The van der Waals surface area contributed by atoms with Gasteiger partial charge >= 0.3 is 0 Å². The fraction of sp³-hybridized carbons (Fsp3) is 1.00. The molecule has 0 rings (SSSR count). The maximum absolute atomic E-state index is 3.50. The first-order chi connectivity index (χ1) is 6.54. The molecule has 0 fully saturated rings. The van der Waals surface area contributed by atoms with Crippen LogP contribution in [0.4, 0.5) is 0 Å². The van der Waals surface area contributed by atoms with Gasteiger partial charge in [-0.05, 0) is 30.7 Å². The topological polar surface area (TPSA) is 12.0 Å². The number of nitrogens with one attached hydrogen (secondary N) is 1. The van der Waals surface area contributed by atoms with Crippen molar-refractivity contribution in [1.29, 1.82) is 0 Å². The van der Waals surface area contributed by atoms with Crippen LogP contribution < -0.4 is 5.32 Å². The molecule has 1 heteroatoms. The Bertz CT molecular complexity index is 131. The summed E-state index contributed by atoms with van der Waals surface area (Å²) < 4.78 is 0. The van der Waals surface area contributed by atoms with Gasteiger partial charge in [0, 0.05) is 6.54 Å². The Morgan fingerprint density at radius 2 is 1.79 bits per heavy atom. The van der Waals surface area contributed by atoms with Gasteiger partial charge in [-0.2, -0.15) is 0 Å². The molecule has 0 bridgehead atoms. The van der Waals surface area contributed by atoms with Crippen LogP contribution in [0.15, 0.2) is 0 Å². The van der Waals surface area contributed by atoms with Gasteiger partial charge in [-0.3, -0.25) is 0 Å². The lowest BCUT2D eigenvalue weighted by atomic mass is 9.79. The minimum Gasteiger partial charge on any atom is -0.316 e. The molecule has 1 atom stereocenters. The van der Waals surface area contributed by atoms with Gasteiger partial charge in [0.2, 0.25) is 0 Å². The van der Waals surface area contributed by atoms with Gasteiger partial charge in [-0.25, -0.2) is 0 Å². The highest BCUT2D eigenvalue weighted by Crippen LogP contribution is 2.29. The zero-order valence-corrected chi connectivity index (χ0v) is 10.8. The predicted molar refractivity (Wildman–Crippen MR) is 65.6 cm³/mol. The molecule has 86 valence electrons. The van der Waals surface area contributed by atoms with E-state index in [0.29, 0.717) is 5.41 Å². The second-order valence-electron chi connectivity index (χ2n) is 5.27. The third kappa shape index (κ3) is 6.42. The van der Waals surface area contributed by atoms with Crippen LogP contribution in [-0.4, -0.2) is 13.1 Å². The highest BCUT2D eigenvalue weighted by Gasteiger charge is 2.22. The van der Waals surface area contributed by atoms with Crippen LogP contribution in [-0.2, 0) is 0 Å². The highest BCUT2D eigenvalue weighted by molar-refractivity contribution is 4.76. The van der Waals surface area contributed by atoms with E-state index in [9.17, 15) is 0 Å². The van der Waals surface area contributed by atoms with E-state index in [1.54, 1.807) is 0 Å². The molecule has 0 aromatic heterocycles. The third-order valence-corrected chi connectivity index (χ3v) is 2.98. The van der Waals surface area contributed by atoms with Gasteiger partial charge in [0.05, 0.1) is 0 Å². The van der Waals surface area contributed by atoms with Gasteiger partial charge in [0.1, 0.15) is 0 Å². The van der Waals surface area contributed by atoms with Crippen LogP contribution in [0.1, 0.15) is 60.3 Å². The molecule has 0 saturated carbocycles. The first-order valence-corrected chi connectivity index (χ1v) is 6.24. The third-order valence-electron chi connectivity index (χ3n) is 2.98. The van der Waals surface area contributed by atoms with Crippen molar-refractivity contribution in [1.82, 2.24) is 5.32 Å². The SMILES string of the molecule is CCCC(C)(CCC(C)C)CNCC. The first kappa shape index (κ1) is 14.0. The zero-order valence-electron chi connectivity index (χ0n) is 10.8. The summed E-state index contributed by atoms with van der Waals surface area (Å²) in [6.45, 7) is 13.8. The van der Waals surface area contributed by atoms with E-state index in [0.717, 1.165) is 12.5 Å². The Hall–Kier alpha value is -0.0400. The van der Waals surface area contributed by atoms with Crippen molar-refractivity contribution in [3.05, 3.63) is 0 Å². The minimum atomic E-state index is 0.523. The van der Waals surface area contributed by atoms with E-state index in [-0.39, 0.29) is 0 Å². The maximum Gasteiger partial charge on any atom is 0.000504 e. The number of hydrogen-bond donors (Lipinski definition) is 1. The van der Waals surface area contributed by atoms with Gasteiger partial charge in [-0.1, -0.05) is 47.5 Å². The molecule has 0 aliphatic heterocycles. The molecular formula is C13H29N. The zero-order chi connectivity index (χ0) is 11.0. The van der Waals surface area contributed by atoms with Crippen LogP contribution >= 0.6 is 0 Å². The van der Waals surface area contributed by atoms with Crippen LogP contribution in [0.5, 0.6) is 0 Å². The van der Waals surface area contributed by atoms with Crippen molar-refractivity contribution in [3.63, 3.8) is 0 Å². The molecule has 0 radical (unpaired) electrons. The van der Waals surface area contributed by atoms with Crippen LogP contribution in [0.3, 0.4) is 0 Å². The summed E-state index contributed by atoms with van der Waals surface area (Å²) in [7, 11) is 0. The van der Waals surface area contributed by atoms with E-state index in [1.165, 1.54) is 32.2 Å². The average Bonchev–Trinajstić information content (AvgIpc) is 2.13. The Balaban J connectivity index is 3.95. The molecule has 0 aliphatic rings. The molecule has 0 amide bonds. The summed E-state index contributed by atoms with van der Waals surface area (Å²) in [5, 5.41) is 3.50. The minimum absolute atomic E-state index is 0.523. The molecular weight excluding hydrogens is 170 g/mol. The van der Waals surface area contributed by atoms with Gasteiger partial charge < -0.3 is 5.32 Å². The van der Waals surface area contributed by atoms with E-state index < -0.39 is 0 Å². The second-order valence-corrected chi connectivity index (χ2v) is 5.27. The molecule has 0 saturated heterocycles. The average molecular weight is 199 g/mol. The molecule has 1 nitrogen and oxygen atoms in total. The van der Waals surface area contributed by atoms with Crippen LogP contribution in [0.25, 0.3) is 0 Å². The molecule has 0 aliphatic carbocycles. The van der Waals surface area contributed by atoms with Gasteiger partial charge in [-0.15, -0.1) is 0 Å². The van der Waals surface area contributed by atoms with Crippen molar-refractivity contribution in [2.24, 2.45) is 11.3 Å². The van der Waals surface area contributed by atoms with E-state index in [1.807, 2.05) is 0 Å². The summed E-state index contributed by atoms with van der Waals surface area (Å²) in [5.74, 6) is 0.841. The quantitative estimate of drug-likeness (QED) is 0.626. The molecule has 1 unspecified atom stereocenters. The van der Waals surface area contributed by atoms with Crippen molar-refractivity contribution >= 4 is 0 Å². The summed E-state index contributed by atoms with van der Waals surface area (Å²) in [5.41, 5.74) is 0.523. The molecule has 14 heavy (non-hydrogen) atoms. The van der Waals surface area contributed by atoms with Crippen LogP contribution in [0, 0.1) is 11.3 Å². The first-order valence-electron chi connectivity index (χ1n) is 6.24. The van der Waals surface area contributed by atoms with Gasteiger partial charge in [0.25, 0.3) is 0 Å². The molecule has 0 aromatic carbocycles. The smallest absolute Gasteiger partial charge is 0.000504 e. The van der Waals surface area contributed by atoms with Crippen molar-refractivity contribution in [2.45, 2.75) is 60.3 Å². The lowest BCUT2D eigenvalue weighted by Gasteiger charge is -2.30. The van der Waals surface area contributed by atoms with E-state index >= 15 is 0 Å². The number of rotatable bonds is 8. The summed E-state index contributed by atoms with van der Waals surface area (Å²) in [6, 6.07) is 0. The standard InChI is InChI=1S/C13H29N/c1-6-9-13(5,11-14-7-2)10-8-12(3)4/h12,14H,6-11H2,1-5H3. The molecule has 0 heterocycles. The predicted octanol–water partition coefficient (Wildman–Crippen LogP) is 3.84. The molecule has 0 spiro atoms. The summed E-state index contributed by atoms with van der Waals surface area (Å²) >= 11 is 0. The lowest BCUT2D eigenvalue weighted by molar-refractivity contribution is 0.239.